The zero-order valence-corrected chi connectivity index (χ0v) is 6.33. The van der Waals surface area contributed by atoms with Crippen LogP contribution in [0.3, 0.4) is 0 Å². The van der Waals surface area contributed by atoms with Gasteiger partial charge in [0.25, 0.3) is 0 Å². The van der Waals surface area contributed by atoms with Crippen molar-refractivity contribution in [1.82, 2.24) is 4.90 Å². The summed E-state index contributed by atoms with van der Waals surface area (Å²) in [6.45, 7) is 2.18. The Labute approximate surface area is 52.6 Å². The topological polar surface area (TPSA) is 29.3 Å². The largest absolute Gasteiger partial charge is 0.326 e. The quantitative estimate of drug-likeness (QED) is 0.450. The Morgan fingerprint density at radius 2 is 2.25 bits per heavy atom. The van der Waals surface area contributed by atoms with Gasteiger partial charge in [-0.15, -0.1) is 9.24 Å². The average molecular weight is 132 g/mol. The third-order valence-corrected chi connectivity index (χ3v) is 2.30. The minimum atomic E-state index is 0.380. The maximum Gasteiger partial charge on any atom is 0.0243 e. The Morgan fingerprint density at radius 3 is 2.38 bits per heavy atom. The molecule has 1 saturated heterocycles. The van der Waals surface area contributed by atoms with Gasteiger partial charge in [-0.3, -0.25) is 0 Å². The van der Waals surface area contributed by atoms with Crippen LogP contribution in [0.25, 0.3) is 0 Å². The summed E-state index contributed by atoms with van der Waals surface area (Å²) in [7, 11) is 4.87. The first-order valence-corrected chi connectivity index (χ1v) is 3.56. The van der Waals surface area contributed by atoms with Crippen LogP contribution in [-0.4, -0.2) is 36.7 Å². The van der Waals surface area contributed by atoms with E-state index in [2.05, 4.69) is 21.2 Å². The number of hydrogen-bond donors (Lipinski definition) is 1. The number of nitrogens with two attached hydrogens (primary N) is 1. The van der Waals surface area contributed by atoms with Crippen molar-refractivity contribution in [2.45, 2.75) is 11.7 Å². The zero-order chi connectivity index (χ0) is 6.15. The van der Waals surface area contributed by atoms with Gasteiger partial charge in [-0.25, -0.2) is 0 Å². The van der Waals surface area contributed by atoms with Gasteiger partial charge in [0.15, 0.2) is 0 Å². The molecule has 0 spiro atoms. The lowest BCUT2D eigenvalue weighted by Crippen LogP contribution is -2.29. The molecule has 0 saturated carbocycles. The van der Waals surface area contributed by atoms with Crippen molar-refractivity contribution in [3.05, 3.63) is 0 Å². The molecular formula is C5H13N2P. The molecule has 2 N–H and O–H groups in total. The highest BCUT2D eigenvalue weighted by molar-refractivity contribution is 7.17. The summed E-state index contributed by atoms with van der Waals surface area (Å²) < 4.78 is 0. The number of likely N-dealkylation sites (N-methyl/N-ethyl adjacent to an activating group) is 1. The molecular weight excluding hydrogens is 119 g/mol. The summed E-state index contributed by atoms with van der Waals surface area (Å²) in [4.78, 5) is 2.25. The van der Waals surface area contributed by atoms with E-state index in [1.165, 1.54) is 0 Å². The molecule has 0 aliphatic carbocycles. The van der Waals surface area contributed by atoms with E-state index < -0.39 is 0 Å². The highest BCUT2D eigenvalue weighted by Gasteiger charge is 2.23. The summed E-state index contributed by atoms with van der Waals surface area (Å²) in [6, 6.07) is 0.380. The summed E-state index contributed by atoms with van der Waals surface area (Å²) >= 11 is 0. The standard InChI is InChI=1S/C5H13N2P/c1-7-2-4(6)5(8)3-7/h4-5H,2-3,6,8H2,1H3/t4-,5-/m0/s1. The second-order valence-electron chi connectivity index (χ2n) is 2.55. The van der Waals surface area contributed by atoms with Gasteiger partial charge in [-0.2, -0.15) is 0 Å². The average Bonchev–Trinajstić information content (AvgIpc) is 1.85. The van der Waals surface area contributed by atoms with E-state index in [0.29, 0.717) is 11.7 Å². The molecule has 0 radical (unpaired) electrons. The number of likely N-dealkylation sites (tertiary alicyclic amines) is 1. The van der Waals surface area contributed by atoms with Crippen molar-refractivity contribution in [3.63, 3.8) is 0 Å². The number of hydrogen-bond acceptors (Lipinski definition) is 2. The molecule has 3 atom stereocenters. The van der Waals surface area contributed by atoms with Crippen LogP contribution in [-0.2, 0) is 0 Å². The highest BCUT2D eigenvalue weighted by Crippen LogP contribution is 2.13. The lowest BCUT2D eigenvalue weighted by atomic mass is 10.3. The molecule has 1 aliphatic heterocycles. The molecule has 1 rings (SSSR count). The van der Waals surface area contributed by atoms with E-state index in [1.54, 1.807) is 0 Å². The molecule has 3 heteroatoms. The summed E-state index contributed by atoms with van der Waals surface area (Å²) in [5, 5.41) is 0. The van der Waals surface area contributed by atoms with E-state index in [-0.39, 0.29) is 0 Å². The first-order chi connectivity index (χ1) is 3.70. The van der Waals surface area contributed by atoms with E-state index in [1.807, 2.05) is 0 Å². The van der Waals surface area contributed by atoms with Crippen molar-refractivity contribution >= 4 is 9.24 Å². The molecule has 1 unspecified atom stereocenters. The highest BCUT2D eigenvalue weighted by atomic mass is 31.0. The molecule has 1 aliphatic rings. The Bertz CT molecular complexity index is 76.5. The summed E-state index contributed by atoms with van der Waals surface area (Å²) in [5.41, 5.74) is 6.32. The molecule has 0 aromatic carbocycles. The minimum absolute atomic E-state index is 0.380. The van der Waals surface area contributed by atoms with E-state index in [9.17, 15) is 0 Å². The second kappa shape index (κ2) is 2.30. The molecule has 0 amide bonds. The fraction of sp³-hybridized carbons (Fsp3) is 1.00. The van der Waals surface area contributed by atoms with Crippen LogP contribution in [0.1, 0.15) is 0 Å². The van der Waals surface area contributed by atoms with Crippen LogP contribution in [0.4, 0.5) is 0 Å². The van der Waals surface area contributed by atoms with Gasteiger partial charge in [0.1, 0.15) is 0 Å². The second-order valence-corrected chi connectivity index (χ2v) is 3.41. The van der Waals surface area contributed by atoms with E-state index >= 15 is 0 Å². The van der Waals surface area contributed by atoms with E-state index in [4.69, 9.17) is 5.73 Å². The molecule has 0 aromatic heterocycles. The maximum absolute atomic E-state index is 5.71. The van der Waals surface area contributed by atoms with Crippen LogP contribution < -0.4 is 5.73 Å². The summed E-state index contributed by atoms with van der Waals surface area (Å²) in [5.74, 6) is 0. The Hall–Kier alpha value is 0.350. The molecule has 1 fully saturated rings. The predicted octanol–water partition coefficient (Wildman–Crippen LogP) is -0.497. The Morgan fingerprint density at radius 1 is 1.62 bits per heavy atom. The Balaban J connectivity index is 2.39. The fourth-order valence-electron chi connectivity index (χ4n) is 1.07. The van der Waals surface area contributed by atoms with Crippen molar-refractivity contribution in [2.24, 2.45) is 5.73 Å². The van der Waals surface area contributed by atoms with Gasteiger partial charge in [0, 0.05) is 24.8 Å². The molecule has 2 nitrogen and oxygen atoms in total. The van der Waals surface area contributed by atoms with Crippen molar-refractivity contribution in [2.75, 3.05) is 20.1 Å². The number of nitrogens with zero attached hydrogens (tertiary/aromatic N) is 1. The molecule has 0 aromatic rings. The third kappa shape index (κ3) is 1.19. The predicted molar refractivity (Wildman–Crippen MR) is 39.0 cm³/mol. The SMILES string of the molecule is CN1C[C@H](N)[C@@H](P)C1. The van der Waals surface area contributed by atoms with Gasteiger partial charge >= 0.3 is 0 Å². The van der Waals surface area contributed by atoms with Crippen molar-refractivity contribution < 1.29 is 0 Å². The molecule has 1 heterocycles. The summed E-state index contributed by atoms with van der Waals surface area (Å²) in [6.07, 6.45) is 0. The molecule has 8 heavy (non-hydrogen) atoms. The lowest BCUT2D eigenvalue weighted by molar-refractivity contribution is 0.412. The van der Waals surface area contributed by atoms with Crippen LogP contribution in [0, 0.1) is 0 Å². The number of rotatable bonds is 0. The normalized spacial score (nSPS) is 40.9. The van der Waals surface area contributed by atoms with Gasteiger partial charge in [-0.05, 0) is 7.05 Å². The minimum Gasteiger partial charge on any atom is -0.326 e. The van der Waals surface area contributed by atoms with Crippen LogP contribution >= 0.6 is 9.24 Å². The van der Waals surface area contributed by atoms with E-state index in [0.717, 1.165) is 13.1 Å². The smallest absolute Gasteiger partial charge is 0.0243 e. The van der Waals surface area contributed by atoms with Gasteiger partial charge in [0.2, 0.25) is 0 Å². The van der Waals surface area contributed by atoms with Gasteiger partial charge < -0.3 is 10.6 Å². The fourth-order valence-corrected chi connectivity index (χ4v) is 1.55. The molecule has 48 valence electrons. The van der Waals surface area contributed by atoms with Crippen LogP contribution in [0.5, 0.6) is 0 Å². The monoisotopic (exact) mass is 132 g/mol. The van der Waals surface area contributed by atoms with Gasteiger partial charge in [0.05, 0.1) is 0 Å². The van der Waals surface area contributed by atoms with Gasteiger partial charge in [-0.1, -0.05) is 0 Å². The molecule has 0 bridgehead atoms. The third-order valence-electron chi connectivity index (χ3n) is 1.59. The van der Waals surface area contributed by atoms with Crippen molar-refractivity contribution in [3.8, 4) is 0 Å². The van der Waals surface area contributed by atoms with Crippen molar-refractivity contribution in [1.29, 1.82) is 0 Å². The zero-order valence-electron chi connectivity index (χ0n) is 5.17. The lowest BCUT2D eigenvalue weighted by Gasteiger charge is -2.03. The Kier molecular flexibility index (Phi) is 1.86. The van der Waals surface area contributed by atoms with Crippen LogP contribution in [0.2, 0.25) is 0 Å². The first kappa shape index (κ1) is 6.47. The first-order valence-electron chi connectivity index (χ1n) is 2.90. The maximum atomic E-state index is 5.71. The van der Waals surface area contributed by atoms with Crippen LogP contribution in [0.15, 0.2) is 0 Å².